The monoisotopic (exact) mass is 531 g/mol. The van der Waals surface area contributed by atoms with Gasteiger partial charge in [0.2, 0.25) is 0 Å². The second-order valence-corrected chi connectivity index (χ2v) is 11.5. The third-order valence-electron chi connectivity index (χ3n) is 6.60. The number of benzene rings is 3. The van der Waals surface area contributed by atoms with Crippen LogP contribution in [0.3, 0.4) is 0 Å². The van der Waals surface area contributed by atoms with Crippen LogP contribution in [-0.4, -0.2) is 35.9 Å². The number of fused-ring (bicyclic) bond motifs is 3. The second kappa shape index (κ2) is 13.0. The van der Waals surface area contributed by atoms with Crippen LogP contribution in [0.15, 0.2) is 77.1 Å². The minimum Gasteiger partial charge on any atom is -0.497 e. The van der Waals surface area contributed by atoms with Crippen LogP contribution in [0.5, 0.6) is 5.75 Å². The topological polar surface area (TPSA) is 78.1 Å². The summed E-state index contributed by atoms with van der Waals surface area (Å²) in [6.07, 6.45) is 5.01. The number of nitrogens with two attached hydrogens (primary N) is 1. The summed E-state index contributed by atoms with van der Waals surface area (Å²) in [7, 11) is 1.66. The molecule has 0 fully saturated rings. The molecule has 1 heterocycles. The summed E-state index contributed by atoms with van der Waals surface area (Å²) >= 11 is 3.40. The van der Waals surface area contributed by atoms with Gasteiger partial charge in [-0.2, -0.15) is 0 Å². The molecule has 1 aromatic heterocycles. The molecular weight excluding hydrogens is 498 g/mol. The SMILES string of the molecule is COc1ccc(CCN)cc1.Cc1nnc(SCCCCC2(C=O)c3ccccc3-c3ccccc32)s1. The molecule has 0 unspecified atom stereocenters. The number of unbranched alkanes of at least 4 members (excludes halogenated alkanes) is 1. The average Bonchev–Trinajstić information content (AvgIpc) is 3.48. The van der Waals surface area contributed by atoms with Gasteiger partial charge >= 0.3 is 0 Å². The highest BCUT2D eigenvalue weighted by atomic mass is 32.2. The summed E-state index contributed by atoms with van der Waals surface area (Å²) in [4.78, 5) is 12.3. The largest absolute Gasteiger partial charge is 0.497 e. The molecule has 0 aliphatic heterocycles. The highest BCUT2D eigenvalue weighted by Crippen LogP contribution is 2.50. The molecule has 4 aromatic rings. The number of carbonyl (C=O) groups is 1. The van der Waals surface area contributed by atoms with Gasteiger partial charge in [0, 0.05) is 5.75 Å². The summed E-state index contributed by atoms with van der Waals surface area (Å²) in [6.45, 7) is 2.68. The zero-order valence-corrected chi connectivity index (χ0v) is 23.0. The number of hydrogen-bond donors (Lipinski definition) is 1. The highest BCUT2D eigenvalue weighted by molar-refractivity contribution is 8.01. The van der Waals surface area contributed by atoms with Gasteiger partial charge in [-0.05, 0) is 72.7 Å². The lowest BCUT2D eigenvalue weighted by Crippen LogP contribution is -2.27. The molecule has 0 radical (unpaired) electrons. The van der Waals surface area contributed by atoms with Crippen molar-refractivity contribution in [3.8, 4) is 16.9 Å². The van der Waals surface area contributed by atoms with Gasteiger partial charge in [-0.1, -0.05) is 90.2 Å². The van der Waals surface area contributed by atoms with E-state index < -0.39 is 5.41 Å². The number of thioether (sulfide) groups is 1. The molecule has 5 rings (SSSR count). The Bertz CT molecular complexity index is 1260. The fourth-order valence-corrected chi connectivity index (χ4v) is 6.66. The van der Waals surface area contributed by atoms with Crippen LogP contribution in [0.2, 0.25) is 0 Å². The van der Waals surface area contributed by atoms with Gasteiger partial charge in [0.15, 0.2) is 4.34 Å². The summed E-state index contributed by atoms with van der Waals surface area (Å²) in [6, 6.07) is 24.6. The van der Waals surface area contributed by atoms with Gasteiger partial charge in [-0.15, -0.1) is 10.2 Å². The molecule has 0 amide bonds. The molecule has 37 heavy (non-hydrogen) atoms. The van der Waals surface area contributed by atoms with Crippen molar-refractivity contribution in [1.82, 2.24) is 10.2 Å². The number of aldehydes is 1. The van der Waals surface area contributed by atoms with Gasteiger partial charge < -0.3 is 15.3 Å². The molecular formula is C30H33N3O2S2. The molecule has 2 N–H and O–H groups in total. The van der Waals surface area contributed by atoms with Crippen LogP contribution >= 0.6 is 23.1 Å². The van der Waals surface area contributed by atoms with E-state index in [2.05, 4.69) is 46.6 Å². The van der Waals surface area contributed by atoms with Crippen molar-refractivity contribution in [1.29, 1.82) is 0 Å². The first-order valence-electron chi connectivity index (χ1n) is 12.5. The molecule has 0 saturated carbocycles. The third kappa shape index (κ3) is 6.29. The Hall–Kier alpha value is -3.00. The maximum atomic E-state index is 12.3. The lowest BCUT2D eigenvalue weighted by atomic mass is 9.75. The number of aryl methyl sites for hydroxylation is 1. The average molecular weight is 532 g/mol. The highest BCUT2D eigenvalue weighted by Gasteiger charge is 2.42. The van der Waals surface area contributed by atoms with Crippen LogP contribution < -0.4 is 10.5 Å². The molecule has 3 aromatic carbocycles. The lowest BCUT2D eigenvalue weighted by molar-refractivity contribution is -0.111. The smallest absolute Gasteiger partial charge is 0.174 e. The van der Waals surface area contributed by atoms with Crippen molar-refractivity contribution in [2.75, 3.05) is 19.4 Å². The molecule has 7 heteroatoms. The Morgan fingerprint density at radius 3 is 2.14 bits per heavy atom. The van der Waals surface area contributed by atoms with Gasteiger partial charge in [-0.25, -0.2) is 0 Å². The Kier molecular flexibility index (Phi) is 9.50. The van der Waals surface area contributed by atoms with Crippen molar-refractivity contribution >= 4 is 29.4 Å². The summed E-state index contributed by atoms with van der Waals surface area (Å²) in [5.41, 5.74) is 10.9. The van der Waals surface area contributed by atoms with Crippen molar-refractivity contribution < 1.29 is 9.53 Å². The number of hydrogen-bond acceptors (Lipinski definition) is 7. The van der Waals surface area contributed by atoms with Crippen LogP contribution in [0.4, 0.5) is 0 Å². The lowest BCUT2D eigenvalue weighted by Gasteiger charge is -2.25. The van der Waals surface area contributed by atoms with Crippen LogP contribution in [0.1, 0.15) is 41.0 Å². The molecule has 0 atom stereocenters. The van der Waals surface area contributed by atoms with Gasteiger partial charge in [-0.3, -0.25) is 0 Å². The Labute approximate surface area is 227 Å². The first kappa shape index (κ1) is 27.0. The van der Waals surface area contributed by atoms with E-state index in [4.69, 9.17) is 10.5 Å². The fourth-order valence-electron chi connectivity index (χ4n) is 4.78. The van der Waals surface area contributed by atoms with Crippen LogP contribution in [0, 0.1) is 6.92 Å². The van der Waals surface area contributed by atoms with E-state index in [0.29, 0.717) is 6.54 Å². The van der Waals surface area contributed by atoms with Crippen molar-refractivity contribution in [3.63, 3.8) is 0 Å². The van der Waals surface area contributed by atoms with Gasteiger partial charge in [0.25, 0.3) is 0 Å². The van der Waals surface area contributed by atoms with E-state index in [1.54, 1.807) is 30.2 Å². The fraction of sp³-hybridized carbons (Fsp3) is 0.300. The first-order chi connectivity index (χ1) is 18.1. The number of nitrogens with zero attached hydrogens (tertiary/aromatic N) is 2. The maximum absolute atomic E-state index is 12.3. The maximum Gasteiger partial charge on any atom is 0.174 e. The second-order valence-electron chi connectivity index (χ2n) is 8.96. The predicted molar refractivity (Wildman–Crippen MR) is 154 cm³/mol. The quantitative estimate of drug-likeness (QED) is 0.144. The van der Waals surface area contributed by atoms with Gasteiger partial charge in [0.1, 0.15) is 17.0 Å². The predicted octanol–water partition coefficient (Wildman–Crippen LogP) is 6.47. The minimum atomic E-state index is -0.503. The van der Waals surface area contributed by atoms with Gasteiger partial charge in [0.05, 0.1) is 12.5 Å². The van der Waals surface area contributed by atoms with E-state index in [1.807, 2.05) is 43.3 Å². The molecule has 5 nitrogen and oxygen atoms in total. The van der Waals surface area contributed by atoms with E-state index >= 15 is 0 Å². The standard InChI is InChI=1S/C21H20N2OS2.C9H13NO/c1-15-22-23-20(26-15)25-13-7-6-12-21(14-24)18-10-4-2-8-16(18)17-9-3-5-11-19(17)21;1-11-9-4-2-8(3-5-9)6-7-10/h2-5,8-11,14H,6-7,12-13H2,1H3;2-5H,6-7,10H2,1H3. The summed E-state index contributed by atoms with van der Waals surface area (Å²) < 4.78 is 6.05. The van der Waals surface area contributed by atoms with Crippen molar-refractivity contribution in [3.05, 3.63) is 94.5 Å². The minimum absolute atomic E-state index is 0.503. The molecule has 1 aliphatic carbocycles. The number of rotatable bonds is 10. The summed E-state index contributed by atoms with van der Waals surface area (Å²) in [5, 5.41) is 9.22. The zero-order chi connectivity index (χ0) is 26.1. The van der Waals surface area contributed by atoms with Crippen LogP contribution in [-0.2, 0) is 16.6 Å². The van der Waals surface area contributed by atoms with Crippen molar-refractivity contribution in [2.45, 2.75) is 42.4 Å². The Morgan fingerprint density at radius 2 is 1.59 bits per heavy atom. The molecule has 0 bridgehead atoms. The van der Waals surface area contributed by atoms with E-state index in [-0.39, 0.29) is 0 Å². The first-order valence-corrected chi connectivity index (χ1v) is 14.3. The zero-order valence-electron chi connectivity index (χ0n) is 21.4. The number of ether oxygens (including phenoxy) is 1. The normalized spacial score (nSPS) is 12.7. The van der Waals surface area contributed by atoms with E-state index in [0.717, 1.165) is 57.7 Å². The number of carbonyl (C=O) groups excluding carboxylic acids is 1. The molecule has 0 saturated heterocycles. The third-order valence-corrected chi connectivity index (χ3v) is 8.66. The Balaban J connectivity index is 0.000000245. The van der Waals surface area contributed by atoms with Crippen molar-refractivity contribution in [2.24, 2.45) is 5.73 Å². The van der Waals surface area contributed by atoms with E-state index in [1.165, 1.54) is 23.0 Å². The Morgan fingerprint density at radius 1 is 0.946 bits per heavy atom. The molecule has 192 valence electrons. The number of methoxy groups -OCH3 is 1. The molecule has 1 aliphatic rings. The van der Waals surface area contributed by atoms with E-state index in [9.17, 15) is 4.79 Å². The van der Waals surface area contributed by atoms with Crippen LogP contribution in [0.25, 0.3) is 11.1 Å². The summed E-state index contributed by atoms with van der Waals surface area (Å²) in [5.74, 6) is 1.90. The molecule has 0 spiro atoms. The number of aromatic nitrogens is 2.